The number of rotatable bonds is 7. The third-order valence-electron chi connectivity index (χ3n) is 7.39. The second kappa shape index (κ2) is 10.9. The average molecular weight is 517 g/mol. The normalized spacial score (nSPS) is 17.8. The summed E-state index contributed by atoms with van der Waals surface area (Å²) in [5.41, 5.74) is 3.24. The largest absolute Gasteiger partial charge is 0.497 e. The van der Waals surface area contributed by atoms with E-state index in [1.165, 1.54) is 0 Å². The van der Waals surface area contributed by atoms with Crippen molar-refractivity contribution < 1.29 is 9.53 Å². The fourth-order valence-corrected chi connectivity index (χ4v) is 5.89. The molecule has 4 aromatic rings. The van der Waals surface area contributed by atoms with Gasteiger partial charge in [-0.25, -0.2) is 9.97 Å². The van der Waals surface area contributed by atoms with Gasteiger partial charge in [0.15, 0.2) is 5.65 Å². The zero-order valence-corrected chi connectivity index (χ0v) is 22.4. The van der Waals surface area contributed by atoms with Gasteiger partial charge >= 0.3 is 0 Å². The van der Waals surface area contributed by atoms with E-state index in [4.69, 9.17) is 21.3 Å². The van der Waals surface area contributed by atoms with Crippen LogP contribution < -0.4 is 4.74 Å². The summed E-state index contributed by atoms with van der Waals surface area (Å²) in [7, 11) is 1.63. The predicted octanol–water partition coefficient (Wildman–Crippen LogP) is 6.87. The van der Waals surface area contributed by atoms with Gasteiger partial charge in [0.1, 0.15) is 11.6 Å². The Labute approximate surface area is 223 Å². The molecule has 192 valence electrons. The van der Waals surface area contributed by atoms with Crippen LogP contribution in [0.15, 0.2) is 66.9 Å². The summed E-state index contributed by atoms with van der Waals surface area (Å²) in [6, 6.07) is 19.5. The molecule has 0 saturated heterocycles. The standard InChI is InChI=1S/C30H33ClN4O2/c1-20(2)35(30(36)21-11-8-12-23(18-21)37-3)26-15-7-4-10-22(26)19-34-27-16-9-17-32-28(27)33-29(34)24-13-5-6-14-25(24)31/h5-6,8-9,11-14,16-18,20,22,26H,4,7,10,15,19H2,1-3H3. The van der Waals surface area contributed by atoms with Crippen molar-refractivity contribution in [3.63, 3.8) is 0 Å². The maximum Gasteiger partial charge on any atom is 0.254 e. The molecule has 37 heavy (non-hydrogen) atoms. The lowest BCUT2D eigenvalue weighted by molar-refractivity contribution is 0.0412. The van der Waals surface area contributed by atoms with Gasteiger partial charge in [-0.1, -0.05) is 42.6 Å². The van der Waals surface area contributed by atoms with E-state index in [0.29, 0.717) is 22.0 Å². The number of halogens is 1. The number of carbonyl (C=O) groups excluding carboxylic acids is 1. The molecule has 2 aromatic carbocycles. The number of methoxy groups -OCH3 is 1. The lowest BCUT2D eigenvalue weighted by Crippen LogP contribution is -2.50. The van der Waals surface area contributed by atoms with Crippen molar-refractivity contribution in [2.45, 2.75) is 58.2 Å². The molecule has 7 heteroatoms. The molecule has 0 bridgehead atoms. The molecule has 2 unspecified atom stereocenters. The first kappa shape index (κ1) is 25.3. The molecule has 1 saturated carbocycles. The molecular formula is C30H33ClN4O2. The molecule has 0 N–H and O–H groups in total. The highest BCUT2D eigenvalue weighted by Gasteiger charge is 2.36. The highest BCUT2D eigenvalue weighted by Crippen LogP contribution is 2.36. The summed E-state index contributed by atoms with van der Waals surface area (Å²) in [4.78, 5) is 25.4. The first-order chi connectivity index (χ1) is 18.0. The highest BCUT2D eigenvalue weighted by molar-refractivity contribution is 6.33. The van der Waals surface area contributed by atoms with Crippen LogP contribution in [0.5, 0.6) is 5.75 Å². The van der Waals surface area contributed by atoms with Crippen molar-refractivity contribution in [2.24, 2.45) is 5.92 Å². The number of fused-ring (bicyclic) bond motifs is 1. The van der Waals surface area contributed by atoms with E-state index in [0.717, 1.165) is 49.1 Å². The SMILES string of the molecule is COc1cccc(C(=O)N(C(C)C)C2CCCCC2Cn2c(-c3ccccc3Cl)nc3ncccc32)c1. The molecule has 2 atom stereocenters. The van der Waals surface area contributed by atoms with Gasteiger partial charge in [0, 0.05) is 36.0 Å². The van der Waals surface area contributed by atoms with Crippen LogP contribution in [0.3, 0.4) is 0 Å². The van der Waals surface area contributed by atoms with Crippen molar-refractivity contribution in [1.29, 1.82) is 0 Å². The van der Waals surface area contributed by atoms with Crippen molar-refractivity contribution >= 4 is 28.7 Å². The second-order valence-electron chi connectivity index (χ2n) is 10.0. The zero-order valence-electron chi connectivity index (χ0n) is 21.6. The van der Waals surface area contributed by atoms with E-state index in [-0.39, 0.29) is 23.9 Å². The van der Waals surface area contributed by atoms with Crippen molar-refractivity contribution in [3.05, 3.63) is 77.4 Å². The minimum atomic E-state index is 0.0503. The number of ether oxygens (including phenoxy) is 1. The van der Waals surface area contributed by atoms with Gasteiger partial charge in [-0.2, -0.15) is 0 Å². The van der Waals surface area contributed by atoms with E-state index < -0.39 is 0 Å². The van der Waals surface area contributed by atoms with Crippen molar-refractivity contribution in [3.8, 4) is 17.1 Å². The Morgan fingerprint density at radius 1 is 1.11 bits per heavy atom. The molecule has 0 aliphatic heterocycles. The smallest absolute Gasteiger partial charge is 0.254 e. The predicted molar refractivity (Wildman–Crippen MR) is 148 cm³/mol. The average Bonchev–Trinajstić information content (AvgIpc) is 3.28. The zero-order chi connectivity index (χ0) is 25.9. The van der Waals surface area contributed by atoms with E-state index in [2.05, 4.69) is 34.4 Å². The lowest BCUT2D eigenvalue weighted by atomic mass is 9.82. The maximum absolute atomic E-state index is 13.9. The van der Waals surface area contributed by atoms with Crippen molar-refractivity contribution in [1.82, 2.24) is 19.4 Å². The van der Waals surface area contributed by atoms with E-state index in [9.17, 15) is 4.79 Å². The van der Waals surface area contributed by atoms with Gasteiger partial charge < -0.3 is 14.2 Å². The molecule has 6 nitrogen and oxygen atoms in total. The third kappa shape index (κ3) is 5.08. The lowest BCUT2D eigenvalue weighted by Gasteiger charge is -2.42. The number of pyridine rings is 1. The summed E-state index contributed by atoms with van der Waals surface area (Å²) in [6.45, 7) is 4.95. The van der Waals surface area contributed by atoms with Gasteiger partial charge in [0.05, 0.1) is 17.6 Å². The van der Waals surface area contributed by atoms with Crippen LogP contribution in [0.4, 0.5) is 0 Å². The molecule has 0 radical (unpaired) electrons. The van der Waals surface area contributed by atoms with Crippen LogP contribution in [0.25, 0.3) is 22.6 Å². The number of amides is 1. The monoisotopic (exact) mass is 516 g/mol. The summed E-state index contributed by atoms with van der Waals surface area (Å²) in [5, 5.41) is 0.663. The van der Waals surface area contributed by atoms with Crippen LogP contribution in [0.1, 0.15) is 49.9 Å². The summed E-state index contributed by atoms with van der Waals surface area (Å²) >= 11 is 6.62. The molecule has 0 spiro atoms. The van der Waals surface area contributed by atoms with E-state index >= 15 is 0 Å². The molecular weight excluding hydrogens is 484 g/mol. The minimum absolute atomic E-state index is 0.0503. The van der Waals surface area contributed by atoms with Crippen LogP contribution in [-0.4, -0.2) is 44.5 Å². The van der Waals surface area contributed by atoms with Crippen LogP contribution in [0.2, 0.25) is 5.02 Å². The molecule has 1 aliphatic carbocycles. The maximum atomic E-state index is 13.9. The number of aromatic nitrogens is 3. The Morgan fingerprint density at radius 3 is 2.70 bits per heavy atom. The van der Waals surface area contributed by atoms with E-state index in [1.54, 1.807) is 13.3 Å². The number of benzene rings is 2. The van der Waals surface area contributed by atoms with Crippen LogP contribution >= 0.6 is 11.6 Å². The number of hydrogen-bond acceptors (Lipinski definition) is 4. The van der Waals surface area contributed by atoms with Crippen LogP contribution in [0, 0.1) is 5.92 Å². The van der Waals surface area contributed by atoms with Gasteiger partial charge in [0.2, 0.25) is 0 Å². The number of imidazole rings is 1. The molecule has 1 aliphatic rings. The van der Waals surface area contributed by atoms with E-state index in [1.807, 2.05) is 54.6 Å². The summed E-state index contributed by atoms with van der Waals surface area (Å²) < 4.78 is 7.64. The van der Waals surface area contributed by atoms with Crippen LogP contribution in [-0.2, 0) is 6.54 Å². The van der Waals surface area contributed by atoms with Gasteiger partial charge in [-0.05, 0) is 75.1 Å². The third-order valence-corrected chi connectivity index (χ3v) is 7.72. The second-order valence-corrected chi connectivity index (χ2v) is 10.4. The fourth-order valence-electron chi connectivity index (χ4n) is 5.67. The number of hydrogen-bond donors (Lipinski definition) is 0. The number of carbonyl (C=O) groups is 1. The Hall–Kier alpha value is -3.38. The first-order valence-corrected chi connectivity index (χ1v) is 13.4. The highest BCUT2D eigenvalue weighted by atomic mass is 35.5. The Bertz CT molecular complexity index is 1400. The Kier molecular flexibility index (Phi) is 7.47. The Morgan fingerprint density at radius 2 is 1.92 bits per heavy atom. The minimum Gasteiger partial charge on any atom is -0.497 e. The molecule has 2 heterocycles. The summed E-state index contributed by atoms with van der Waals surface area (Å²) in [6.07, 6.45) is 6.05. The molecule has 5 rings (SSSR count). The fraction of sp³-hybridized carbons (Fsp3) is 0.367. The molecule has 2 aromatic heterocycles. The quantitative estimate of drug-likeness (QED) is 0.269. The molecule has 1 amide bonds. The van der Waals surface area contributed by atoms with Gasteiger partial charge in [0.25, 0.3) is 5.91 Å². The van der Waals surface area contributed by atoms with Gasteiger partial charge in [-0.15, -0.1) is 0 Å². The summed E-state index contributed by atoms with van der Waals surface area (Å²) in [5.74, 6) is 1.83. The number of nitrogens with zero attached hydrogens (tertiary/aromatic N) is 4. The topological polar surface area (TPSA) is 60.2 Å². The molecule has 1 fully saturated rings. The van der Waals surface area contributed by atoms with Crippen molar-refractivity contribution in [2.75, 3.05) is 7.11 Å². The Balaban J connectivity index is 1.53. The van der Waals surface area contributed by atoms with Gasteiger partial charge in [-0.3, -0.25) is 4.79 Å². The first-order valence-electron chi connectivity index (χ1n) is 13.0.